The highest BCUT2D eigenvalue weighted by atomic mass is 16.6. The number of aryl methyl sites for hydroxylation is 1. The predicted molar refractivity (Wildman–Crippen MR) is 132 cm³/mol. The van der Waals surface area contributed by atoms with Gasteiger partial charge in [0, 0.05) is 18.2 Å². The van der Waals surface area contributed by atoms with Crippen molar-refractivity contribution in [2.45, 2.75) is 62.2 Å². The summed E-state index contributed by atoms with van der Waals surface area (Å²) in [5, 5.41) is 35.0. The Kier molecular flexibility index (Phi) is 7.61. The van der Waals surface area contributed by atoms with E-state index in [4.69, 9.17) is 9.47 Å². The van der Waals surface area contributed by atoms with E-state index in [2.05, 4.69) is 5.32 Å². The van der Waals surface area contributed by atoms with Crippen molar-refractivity contribution in [3.8, 4) is 0 Å². The van der Waals surface area contributed by atoms with Gasteiger partial charge in [-0.05, 0) is 31.7 Å². The molecule has 1 spiro atoms. The summed E-state index contributed by atoms with van der Waals surface area (Å²) < 4.78 is 11.0. The Morgan fingerprint density at radius 2 is 1.68 bits per heavy atom. The maximum absolute atomic E-state index is 13.3. The minimum atomic E-state index is -2.53. The van der Waals surface area contributed by atoms with Crippen molar-refractivity contribution in [3.05, 3.63) is 83.1 Å². The SMILES string of the molecule is CO[C@@]1(C(=O)c2ccccc2)NC(=O)[C@]2(OC([C@@H](O)[C@@H](O)CCCCc3ccccc3)=C(C)C2=O)[C@H]1O. The summed E-state index contributed by atoms with van der Waals surface area (Å²) >= 11 is 0. The number of benzene rings is 2. The minimum Gasteiger partial charge on any atom is -0.467 e. The van der Waals surface area contributed by atoms with Gasteiger partial charge in [-0.1, -0.05) is 67.1 Å². The summed E-state index contributed by atoms with van der Waals surface area (Å²) in [7, 11) is 1.12. The van der Waals surface area contributed by atoms with Crippen LogP contribution < -0.4 is 5.32 Å². The zero-order valence-corrected chi connectivity index (χ0v) is 20.7. The fourth-order valence-corrected chi connectivity index (χ4v) is 4.94. The van der Waals surface area contributed by atoms with E-state index in [9.17, 15) is 29.7 Å². The van der Waals surface area contributed by atoms with Crippen LogP contribution in [0.4, 0.5) is 0 Å². The lowest BCUT2D eigenvalue weighted by molar-refractivity contribution is -0.163. The molecule has 1 amide bonds. The lowest BCUT2D eigenvalue weighted by Crippen LogP contribution is -2.60. The smallest absolute Gasteiger partial charge is 0.278 e. The fourth-order valence-electron chi connectivity index (χ4n) is 4.94. The summed E-state index contributed by atoms with van der Waals surface area (Å²) in [6, 6.07) is 17.7. The van der Waals surface area contributed by atoms with Crippen LogP contribution in [0, 0.1) is 0 Å². The number of amides is 1. The van der Waals surface area contributed by atoms with Gasteiger partial charge in [0.25, 0.3) is 11.5 Å². The Hall–Kier alpha value is -3.37. The van der Waals surface area contributed by atoms with E-state index in [-0.39, 0.29) is 23.3 Å². The average Bonchev–Trinajstić information content (AvgIpc) is 3.32. The van der Waals surface area contributed by atoms with Gasteiger partial charge in [0.15, 0.2) is 6.10 Å². The molecule has 1 saturated heterocycles. The van der Waals surface area contributed by atoms with Crippen molar-refractivity contribution in [1.29, 1.82) is 0 Å². The quantitative estimate of drug-likeness (QED) is 0.214. The van der Waals surface area contributed by atoms with Crippen LogP contribution in [0.5, 0.6) is 0 Å². The monoisotopic (exact) mass is 509 g/mol. The number of ether oxygens (including phenoxy) is 2. The number of methoxy groups -OCH3 is 1. The highest BCUT2D eigenvalue weighted by Crippen LogP contribution is 2.44. The lowest BCUT2D eigenvalue weighted by atomic mass is 9.85. The molecule has 2 aromatic carbocycles. The maximum Gasteiger partial charge on any atom is 0.278 e. The van der Waals surface area contributed by atoms with Crippen molar-refractivity contribution >= 4 is 17.5 Å². The van der Waals surface area contributed by atoms with Crippen molar-refractivity contribution in [3.63, 3.8) is 0 Å². The summed E-state index contributed by atoms with van der Waals surface area (Å²) in [6.45, 7) is 1.34. The van der Waals surface area contributed by atoms with Gasteiger partial charge in [-0.3, -0.25) is 14.4 Å². The van der Waals surface area contributed by atoms with E-state index >= 15 is 0 Å². The largest absolute Gasteiger partial charge is 0.467 e. The number of aliphatic hydroxyl groups excluding tert-OH is 3. The predicted octanol–water partition coefficient (Wildman–Crippen LogP) is 1.45. The fraction of sp³-hybridized carbons (Fsp3) is 0.393. The standard InChI is InChI=1S/C28H31NO8/c1-17-22(21(31)20(30)16-10-9-13-18-11-5-3-6-12-18)37-27(23(17)32)25(34)28(36-2,29-26(27)35)24(33)19-14-7-4-8-15-19/h3-8,11-12,14-15,20-21,25,30-31,34H,9-10,13,16H2,1-2H3,(H,29,35)/t20-,21-,25+,27+,28+/m0/s1. The summed E-state index contributed by atoms with van der Waals surface area (Å²) in [6.07, 6.45) is -2.55. The van der Waals surface area contributed by atoms with Gasteiger partial charge in [0.1, 0.15) is 11.9 Å². The van der Waals surface area contributed by atoms with Crippen molar-refractivity contribution in [2.75, 3.05) is 7.11 Å². The van der Waals surface area contributed by atoms with Gasteiger partial charge in [-0.25, -0.2) is 0 Å². The lowest BCUT2D eigenvalue weighted by Gasteiger charge is -2.32. The van der Waals surface area contributed by atoms with Gasteiger partial charge in [0.05, 0.1) is 6.10 Å². The number of Topliss-reactive ketones (excluding diaryl/α,β-unsaturated/α-hetero) is 2. The Morgan fingerprint density at radius 1 is 1.05 bits per heavy atom. The third-order valence-electron chi connectivity index (χ3n) is 7.11. The number of carbonyl (C=O) groups is 3. The first-order valence-corrected chi connectivity index (χ1v) is 12.2. The number of ketones is 2. The minimum absolute atomic E-state index is 0.121. The van der Waals surface area contributed by atoms with Gasteiger partial charge in [-0.15, -0.1) is 0 Å². The molecule has 9 heteroatoms. The molecule has 4 N–H and O–H groups in total. The van der Waals surface area contributed by atoms with Crippen LogP contribution in [0.3, 0.4) is 0 Å². The molecular weight excluding hydrogens is 478 g/mol. The van der Waals surface area contributed by atoms with Crippen LogP contribution in [0.25, 0.3) is 0 Å². The molecule has 9 nitrogen and oxygen atoms in total. The zero-order chi connectivity index (χ0) is 26.8. The van der Waals surface area contributed by atoms with Crippen LogP contribution in [0.1, 0.15) is 42.1 Å². The normalized spacial score (nSPS) is 26.8. The second kappa shape index (κ2) is 10.5. The molecule has 0 bridgehead atoms. The van der Waals surface area contributed by atoms with Crippen molar-refractivity contribution in [2.24, 2.45) is 0 Å². The Morgan fingerprint density at radius 3 is 2.30 bits per heavy atom. The Bertz CT molecular complexity index is 1200. The number of carbonyl (C=O) groups excluding carboxylic acids is 3. The second-order valence-electron chi connectivity index (χ2n) is 9.39. The van der Waals surface area contributed by atoms with Gasteiger partial charge >= 0.3 is 0 Å². The maximum atomic E-state index is 13.3. The molecule has 4 rings (SSSR count). The molecule has 2 aromatic rings. The first-order chi connectivity index (χ1) is 17.7. The van der Waals surface area contributed by atoms with E-state index in [1.54, 1.807) is 18.2 Å². The number of aliphatic hydroxyl groups is 3. The first kappa shape index (κ1) is 26.7. The molecular formula is C28H31NO8. The van der Waals surface area contributed by atoms with Crippen LogP contribution in [0.15, 0.2) is 72.0 Å². The van der Waals surface area contributed by atoms with Crippen molar-refractivity contribution in [1.82, 2.24) is 5.32 Å². The van der Waals surface area contributed by atoms with Crippen LogP contribution in [0.2, 0.25) is 0 Å². The number of nitrogens with one attached hydrogen (secondary N) is 1. The van der Waals surface area contributed by atoms with E-state index in [0.717, 1.165) is 25.5 Å². The summed E-state index contributed by atoms with van der Waals surface area (Å²) in [5.41, 5.74) is -3.64. The van der Waals surface area contributed by atoms with Crippen LogP contribution in [-0.2, 0) is 25.5 Å². The molecule has 0 radical (unpaired) electrons. The molecule has 0 aliphatic carbocycles. The van der Waals surface area contributed by atoms with E-state index < -0.39 is 47.1 Å². The molecule has 0 aromatic heterocycles. The third kappa shape index (κ3) is 4.48. The molecule has 5 atom stereocenters. The molecule has 0 saturated carbocycles. The molecule has 2 heterocycles. The second-order valence-corrected chi connectivity index (χ2v) is 9.39. The average molecular weight is 510 g/mol. The Labute approximate surface area is 214 Å². The van der Waals surface area contributed by atoms with Gasteiger partial charge < -0.3 is 30.1 Å². The summed E-state index contributed by atoms with van der Waals surface area (Å²) in [4.78, 5) is 39.7. The molecule has 0 unspecified atom stereocenters. The molecule has 2 aliphatic heterocycles. The molecule has 2 aliphatic rings. The van der Waals surface area contributed by atoms with E-state index in [1.165, 1.54) is 19.1 Å². The van der Waals surface area contributed by atoms with E-state index in [1.807, 2.05) is 30.3 Å². The Balaban J connectivity index is 1.49. The number of hydrogen-bond acceptors (Lipinski definition) is 8. The molecule has 1 fully saturated rings. The van der Waals surface area contributed by atoms with E-state index in [0.29, 0.717) is 6.42 Å². The molecule has 37 heavy (non-hydrogen) atoms. The van der Waals surface area contributed by atoms with Crippen molar-refractivity contribution < 1.29 is 39.2 Å². The highest BCUT2D eigenvalue weighted by Gasteiger charge is 2.74. The topological polar surface area (TPSA) is 142 Å². The number of hydrogen-bond donors (Lipinski definition) is 4. The number of unbranched alkanes of at least 4 members (excludes halogenated alkanes) is 1. The molecule has 196 valence electrons. The number of rotatable bonds is 10. The summed E-state index contributed by atoms with van der Waals surface area (Å²) in [5.74, 6) is -3.07. The highest BCUT2D eigenvalue weighted by molar-refractivity contribution is 6.23. The zero-order valence-electron chi connectivity index (χ0n) is 20.7. The first-order valence-electron chi connectivity index (χ1n) is 12.2. The third-order valence-corrected chi connectivity index (χ3v) is 7.11. The van der Waals surface area contributed by atoms with Crippen LogP contribution in [-0.4, -0.2) is 69.5 Å². The van der Waals surface area contributed by atoms with Gasteiger partial charge in [-0.2, -0.15) is 0 Å². The van der Waals surface area contributed by atoms with Crippen LogP contribution >= 0.6 is 0 Å². The van der Waals surface area contributed by atoms with Gasteiger partial charge in [0.2, 0.25) is 17.3 Å².